The van der Waals surface area contributed by atoms with Gasteiger partial charge in [0.2, 0.25) is 0 Å². The molecule has 2 aromatic heterocycles. The predicted molar refractivity (Wildman–Crippen MR) is 105 cm³/mol. The van der Waals surface area contributed by atoms with Crippen LogP contribution in [0.3, 0.4) is 0 Å². The van der Waals surface area contributed by atoms with Crippen LogP contribution in [0.4, 0.5) is 15.9 Å². The van der Waals surface area contributed by atoms with Crippen molar-refractivity contribution in [1.29, 1.82) is 0 Å². The Hall–Kier alpha value is -3.40. The first-order chi connectivity index (χ1) is 14.0. The second-order valence-electron chi connectivity index (χ2n) is 6.22. The monoisotopic (exact) mass is 403 g/mol. The summed E-state index contributed by atoms with van der Waals surface area (Å²) in [5.74, 6) is 0.0849. The Morgan fingerprint density at radius 1 is 1.34 bits per heavy atom. The summed E-state index contributed by atoms with van der Waals surface area (Å²) in [4.78, 5) is 12.9. The second kappa shape index (κ2) is 8.74. The maximum atomic E-state index is 13.6. The fourth-order valence-electron chi connectivity index (χ4n) is 2.85. The molecule has 1 aromatic carbocycles. The number of benzene rings is 1. The molecule has 0 aliphatic heterocycles. The van der Waals surface area contributed by atoms with Crippen molar-refractivity contribution < 1.29 is 23.2 Å². The standard InChI is InChI=1S/C19H22FN5O4/c1-11-16(19(26)23-12-5-6-14(20)15(9-12)28-4)17(24-29-11)13-10-22-25(2)18(13)21-7-8-27-3/h5-6,9-10,21H,7-8H2,1-4H3,(H,23,26). The van der Waals surface area contributed by atoms with Crippen LogP contribution in [0.15, 0.2) is 28.9 Å². The van der Waals surface area contributed by atoms with Gasteiger partial charge < -0.3 is 24.6 Å². The Labute approximate surface area is 166 Å². The Balaban J connectivity index is 1.91. The van der Waals surface area contributed by atoms with Crippen molar-refractivity contribution in [2.24, 2.45) is 7.05 Å². The van der Waals surface area contributed by atoms with E-state index in [-0.39, 0.29) is 11.3 Å². The molecule has 3 rings (SSSR count). The van der Waals surface area contributed by atoms with E-state index in [4.69, 9.17) is 14.0 Å². The van der Waals surface area contributed by atoms with E-state index in [1.807, 2.05) is 0 Å². The number of amides is 1. The Morgan fingerprint density at radius 3 is 2.86 bits per heavy atom. The molecule has 0 unspecified atom stereocenters. The summed E-state index contributed by atoms with van der Waals surface area (Å²) in [7, 11) is 4.74. The smallest absolute Gasteiger partial charge is 0.261 e. The van der Waals surface area contributed by atoms with Gasteiger partial charge in [-0.1, -0.05) is 5.16 Å². The van der Waals surface area contributed by atoms with Gasteiger partial charge >= 0.3 is 0 Å². The first kappa shape index (κ1) is 20.3. The first-order valence-electron chi connectivity index (χ1n) is 8.82. The summed E-state index contributed by atoms with van der Waals surface area (Å²) >= 11 is 0. The molecule has 0 saturated carbocycles. The van der Waals surface area contributed by atoms with Crippen LogP contribution in [0, 0.1) is 12.7 Å². The third kappa shape index (κ3) is 4.21. The third-order valence-electron chi connectivity index (χ3n) is 4.29. The Kier molecular flexibility index (Phi) is 6.13. The average molecular weight is 403 g/mol. The van der Waals surface area contributed by atoms with Gasteiger partial charge in [-0.15, -0.1) is 0 Å². The quantitative estimate of drug-likeness (QED) is 0.558. The number of halogens is 1. The Morgan fingerprint density at radius 2 is 2.14 bits per heavy atom. The van der Waals surface area contributed by atoms with Gasteiger partial charge in [-0.05, 0) is 19.1 Å². The molecular weight excluding hydrogens is 381 g/mol. The highest BCUT2D eigenvalue weighted by molar-refractivity contribution is 6.09. The molecule has 0 aliphatic carbocycles. The molecule has 0 radical (unpaired) electrons. The Bertz CT molecular complexity index is 1010. The molecule has 2 N–H and O–H groups in total. The van der Waals surface area contributed by atoms with Crippen molar-refractivity contribution in [3.8, 4) is 17.0 Å². The fraction of sp³-hybridized carbons (Fsp3) is 0.316. The number of anilines is 2. The molecule has 3 aromatic rings. The lowest BCUT2D eigenvalue weighted by Gasteiger charge is -2.10. The van der Waals surface area contributed by atoms with Gasteiger partial charge in [0.15, 0.2) is 11.6 Å². The summed E-state index contributed by atoms with van der Waals surface area (Å²) in [5, 5.41) is 14.2. The number of aromatic nitrogens is 3. The molecule has 2 heterocycles. The molecule has 0 bridgehead atoms. The van der Waals surface area contributed by atoms with Gasteiger partial charge in [0.05, 0.1) is 25.5 Å². The molecule has 0 aliphatic rings. The molecule has 0 saturated heterocycles. The van der Waals surface area contributed by atoms with E-state index in [0.29, 0.717) is 41.7 Å². The zero-order valence-corrected chi connectivity index (χ0v) is 16.6. The minimum absolute atomic E-state index is 0.0296. The van der Waals surface area contributed by atoms with Crippen molar-refractivity contribution >= 4 is 17.4 Å². The van der Waals surface area contributed by atoms with Crippen LogP contribution in [0.5, 0.6) is 5.75 Å². The van der Waals surface area contributed by atoms with Crippen LogP contribution in [0.2, 0.25) is 0 Å². The van der Waals surface area contributed by atoms with Gasteiger partial charge in [0.1, 0.15) is 22.8 Å². The SMILES string of the molecule is COCCNc1c(-c2noc(C)c2C(=O)Nc2ccc(F)c(OC)c2)cnn1C. The fourth-order valence-corrected chi connectivity index (χ4v) is 2.85. The minimum atomic E-state index is -0.519. The maximum Gasteiger partial charge on any atom is 0.261 e. The number of nitrogens with one attached hydrogen (secondary N) is 2. The third-order valence-corrected chi connectivity index (χ3v) is 4.29. The number of rotatable bonds is 8. The number of nitrogens with zero attached hydrogens (tertiary/aromatic N) is 3. The topological polar surface area (TPSA) is 103 Å². The summed E-state index contributed by atoms with van der Waals surface area (Å²) in [6.45, 7) is 2.70. The number of hydrogen-bond donors (Lipinski definition) is 2. The van der Waals surface area contributed by atoms with Gasteiger partial charge in [-0.2, -0.15) is 5.10 Å². The number of ether oxygens (including phenoxy) is 2. The number of aryl methyl sites for hydroxylation is 2. The van der Waals surface area contributed by atoms with Crippen molar-refractivity contribution in [3.05, 3.63) is 41.5 Å². The van der Waals surface area contributed by atoms with Crippen molar-refractivity contribution in [2.45, 2.75) is 6.92 Å². The lowest BCUT2D eigenvalue weighted by Crippen LogP contribution is -2.14. The highest BCUT2D eigenvalue weighted by Crippen LogP contribution is 2.32. The lowest BCUT2D eigenvalue weighted by molar-refractivity contribution is 0.102. The van der Waals surface area contributed by atoms with Crippen LogP contribution in [0.1, 0.15) is 16.1 Å². The van der Waals surface area contributed by atoms with Crippen LogP contribution >= 0.6 is 0 Å². The van der Waals surface area contributed by atoms with Crippen molar-refractivity contribution in [1.82, 2.24) is 14.9 Å². The van der Waals surface area contributed by atoms with Crippen molar-refractivity contribution in [3.63, 3.8) is 0 Å². The molecule has 154 valence electrons. The van der Waals surface area contributed by atoms with E-state index in [9.17, 15) is 9.18 Å². The lowest BCUT2D eigenvalue weighted by atomic mass is 10.1. The number of methoxy groups -OCH3 is 2. The summed E-state index contributed by atoms with van der Waals surface area (Å²) in [6.07, 6.45) is 1.60. The van der Waals surface area contributed by atoms with Crippen molar-refractivity contribution in [2.75, 3.05) is 38.0 Å². The molecule has 0 fully saturated rings. The zero-order valence-electron chi connectivity index (χ0n) is 16.6. The largest absolute Gasteiger partial charge is 0.494 e. The van der Waals surface area contributed by atoms with E-state index in [2.05, 4.69) is 20.9 Å². The number of carbonyl (C=O) groups excluding carboxylic acids is 1. The number of hydrogen-bond acceptors (Lipinski definition) is 7. The maximum absolute atomic E-state index is 13.6. The van der Waals surface area contributed by atoms with Crippen LogP contribution in [-0.2, 0) is 11.8 Å². The highest BCUT2D eigenvalue weighted by atomic mass is 19.1. The van der Waals surface area contributed by atoms with Gasteiger partial charge in [0.25, 0.3) is 5.91 Å². The van der Waals surface area contributed by atoms with Gasteiger partial charge in [0, 0.05) is 32.5 Å². The van der Waals surface area contributed by atoms with E-state index in [1.54, 1.807) is 32.0 Å². The molecule has 1 amide bonds. The summed E-state index contributed by atoms with van der Waals surface area (Å²) in [6, 6.07) is 4.06. The summed E-state index contributed by atoms with van der Waals surface area (Å²) in [5.41, 5.74) is 1.60. The van der Waals surface area contributed by atoms with Crippen LogP contribution in [-0.4, -0.2) is 48.2 Å². The zero-order chi connectivity index (χ0) is 21.0. The molecular formula is C19H22FN5O4. The van der Waals surface area contributed by atoms with E-state index in [0.717, 1.165) is 0 Å². The molecule has 0 spiro atoms. The normalized spacial score (nSPS) is 10.8. The molecule has 9 nitrogen and oxygen atoms in total. The van der Waals surface area contributed by atoms with E-state index in [1.165, 1.54) is 25.3 Å². The molecule has 10 heteroatoms. The first-order valence-corrected chi connectivity index (χ1v) is 8.82. The minimum Gasteiger partial charge on any atom is -0.494 e. The van der Waals surface area contributed by atoms with Gasteiger partial charge in [-0.3, -0.25) is 9.48 Å². The van der Waals surface area contributed by atoms with E-state index < -0.39 is 11.7 Å². The van der Waals surface area contributed by atoms with Crippen LogP contribution in [0.25, 0.3) is 11.3 Å². The predicted octanol–water partition coefficient (Wildman–Crippen LogP) is 2.84. The molecule has 29 heavy (non-hydrogen) atoms. The molecule has 0 atom stereocenters. The number of carbonyl (C=O) groups is 1. The average Bonchev–Trinajstić information content (AvgIpc) is 3.26. The summed E-state index contributed by atoms with van der Waals surface area (Å²) < 4.78 is 30.5. The van der Waals surface area contributed by atoms with E-state index >= 15 is 0 Å². The van der Waals surface area contributed by atoms with Crippen LogP contribution < -0.4 is 15.4 Å². The highest BCUT2D eigenvalue weighted by Gasteiger charge is 2.25. The second-order valence-corrected chi connectivity index (χ2v) is 6.22. The van der Waals surface area contributed by atoms with Gasteiger partial charge in [-0.25, -0.2) is 4.39 Å².